The number of H-pyrrole nitrogens is 2. The lowest BCUT2D eigenvalue weighted by molar-refractivity contribution is -0.124. The fraction of sp³-hybridized carbons (Fsp3) is 0.0682. The van der Waals surface area contributed by atoms with Gasteiger partial charge < -0.3 is 24.4 Å². The van der Waals surface area contributed by atoms with Crippen molar-refractivity contribution in [1.82, 2.24) is 34.7 Å². The number of imide groups is 2. The molecule has 10 rings (SSSR count). The fourth-order valence-corrected chi connectivity index (χ4v) is 7.50. The molecule has 0 saturated carbocycles. The van der Waals surface area contributed by atoms with Gasteiger partial charge in [-0.15, -0.1) is 0 Å². The van der Waals surface area contributed by atoms with E-state index in [-0.39, 0.29) is 23.4 Å². The average molecular weight is 739 g/mol. The summed E-state index contributed by atoms with van der Waals surface area (Å²) < 4.78 is 4.19. The molecule has 0 radical (unpaired) electrons. The van der Waals surface area contributed by atoms with Crippen LogP contribution in [0, 0.1) is 0 Å². The molecule has 8 aromatic rings. The van der Waals surface area contributed by atoms with Gasteiger partial charge in [-0.25, -0.2) is 4.98 Å². The molecule has 274 valence electrons. The Labute approximate surface area is 319 Å². The van der Waals surface area contributed by atoms with Gasteiger partial charge >= 0.3 is 0 Å². The molecule has 2 aliphatic heterocycles. The van der Waals surface area contributed by atoms with Gasteiger partial charge in [0, 0.05) is 99.2 Å². The maximum Gasteiger partial charge on any atom is 0.275 e. The van der Waals surface area contributed by atoms with Crippen LogP contribution in [0.5, 0.6) is 0 Å². The van der Waals surface area contributed by atoms with E-state index in [0.717, 1.165) is 74.6 Å². The maximum absolute atomic E-state index is 12.8. The number of para-hydroxylation sites is 4. The SMILES string of the molecule is O=C1NC(=O)C(c2c[nH]c3ccccc23)=C1c1c[nH]c2ccccc12.O=C1NC(=O)C(c2cn(CCCn3ccnc3)c3ccccc23)=C1Nc1ccccc1. The van der Waals surface area contributed by atoms with E-state index in [1.165, 1.54) is 0 Å². The molecular weight excluding hydrogens is 705 g/mol. The Balaban J connectivity index is 0.000000149. The molecule has 6 heterocycles. The van der Waals surface area contributed by atoms with Crippen LogP contribution in [0.3, 0.4) is 0 Å². The monoisotopic (exact) mass is 738 g/mol. The highest BCUT2D eigenvalue weighted by molar-refractivity contribution is 6.50. The number of aromatic nitrogens is 5. The first kappa shape index (κ1) is 34.1. The predicted molar refractivity (Wildman–Crippen MR) is 215 cm³/mol. The number of anilines is 1. The zero-order chi connectivity index (χ0) is 38.2. The highest BCUT2D eigenvalue weighted by Gasteiger charge is 2.35. The van der Waals surface area contributed by atoms with Gasteiger partial charge in [0.25, 0.3) is 23.6 Å². The van der Waals surface area contributed by atoms with Gasteiger partial charge in [-0.05, 0) is 36.8 Å². The summed E-state index contributed by atoms with van der Waals surface area (Å²) in [4.78, 5) is 60.8. The number of rotatable bonds is 9. The van der Waals surface area contributed by atoms with Crippen LogP contribution in [0.25, 0.3) is 49.4 Å². The lowest BCUT2D eigenvalue weighted by Crippen LogP contribution is -2.24. The molecule has 12 nitrogen and oxygen atoms in total. The normalized spacial score (nSPS) is 14.2. The van der Waals surface area contributed by atoms with Crippen LogP contribution < -0.4 is 16.0 Å². The first-order valence-corrected chi connectivity index (χ1v) is 18.1. The number of amides is 4. The molecule has 4 amide bonds. The molecule has 12 heteroatoms. The van der Waals surface area contributed by atoms with Crippen molar-refractivity contribution in [2.45, 2.75) is 19.5 Å². The summed E-state index contributed by atoms with van der Waals surface area (Å²) in [6.45, 7) is 1.63. The first-order chi connectivity index (χ1) is 27.4. The van der Waals surface area contributed by atoms with Crippen molar-refractivity contribution >= 4 is 78.7 Å². The molecule has 0 fully saturated rings. The van der Waals surface area contributed by atoms with Crippen LogP contribution in [0.15, 0.2) is 146 Å². The quantitative estimate of drug-likeness (QED) is 0.105. The molecule has 2 aliphatic rings. The topological polar surface area (TPSA) is 159 Å². The average Bonchev–Trinajstić information content (AvgIpc) is 4.08. The molecule has 0 bridgehead atoms. The van der Waals surface area contributed by atoms with Gasteiger partial charge in [-0.2, -0.15) is 0 Å². The van der Waals surface area contributed by atoms with Crippen molar-refractivity contribution in [3.63, 3.8) is 0 Å². The number of aromatic amines is 2. The zero-order valence-corrected chi connectivity index (χ0v) is 29.9. The summed E-state index contributed by atoms with van der Waals surface area (Å²) in [6.07, 6.45) is 12.0. The lowest BCUT2D eigenvalue weighted by Gasteiger charge is -2.07. The number of fused-ring (bicyclic) bond motifs is 3. The van der Waals surface area contributed by atoms with Crippen LogP contribution in [0.2, 0.25) is 0 Å². The Hall–Kier alpha value is -7.73. The van der Waals surface area contributed by atoms with Crippen LogP contribution in [0.4, 0.5) is 5.69 Å². The fourth-order valence-electron chi connectivity index (χ4n) is 7.50. The summed E-state index contributed by atoms with van der Waals surface area (Å²) in [7, 11) is 0. The summed E-state index contributed by atoms with van der Waals surface area (Å²) in [5.41, 5.74) is 7.32. The summed E-state index contributed by atoms with van der Waals surface area (Å²) in [6, 6.07) is 32.8. The van der Waals surface area contributed by atoms with Gasteiger partial charge in [-0.1, -0.05) is 72.8 Å². The summed E-state index contributed by atoms with van der Waals surface area (Å²) in [5.74, 6) is -1.53. The number of imidazole rings is 1. The molecule has 0 saturated heterocycles. The number of hydrogen-bond acceptors (Lipinski definition) is 6. The van der Waals surface area contributed by atoms with Gasteiger partial charge in [0.1, 0.15) is 5.70 Å². The van der Waals surface area contributed by atoms with Crippen molar-refractivity contribution in [2.24, 2.45) is 0 Å². The molecule has 0 spiro atoms. The van der Waals surface area contributed by atoms with Crippen molar-refractivity contribution < 1.29 is 19.2 Å². The first-order valence-electron chi connectivity index (χ1n) is 18.1. The van der Waals surface area contributed by atoms with Gasteiger partial charge in [-0.3, -0.25) is 29.8 Å². The zero-order valence-electron chi connectivity index (χ0n) is 29.9. The van der Waals surface area contributed by atoms with Crippen LogP contribution in [-0.2, 0) is 32.3 Å². The van der Waals surface area contributed by atoms with E-state index in [0.29, 0.717) is 16.7 Å². The smallest absolute Gasteiger partial charge is 0.275 e. The Morgan fingerprint density at radius 3 is 1.79 bits per heavy atom. The highest BCUT2D eigenvalue weighted by atomic mass is 16.2. The Kier molecular flexibility index (Phi) is 8.67. The predicted octanol–water partition coefficient (Wildman–Crippen LogP) is 6.62. The molecular formula is C44H34N8O4. The summed E-state index contributed by atoms with van der Waals surface area (Å²) in [5, 5.41) is 10.8. The molecule has 56 heavy (non-hydrogen) atoms. The van der Waals surface area contributed by atoms with Crippen LogP contribution in [0.1, 0.15) is 23.1 Å². The standard InChI is InChI=1S/C24H21N5O2.C20H13N3O2/c30-23-21(22(24(31)27-23)26-17-7-2-1-3-8-17)19-15-29(20-10-5-4-9-18(19)20)13-6-12-28-14-11-25-16-28;24-19-17(13-9-21-15-7-3-1-5-11(13)15)18(20(25)23-19)14-10-22-16-8-4-2-6-12(14)16/h1-5,7-11,14-16H,6,12-13H2,(H2,26,27,30,31);1-10,21-22H,(H,23,24,25). The Morgan fingerprint density at radius 2 is 1.14 bits per heavy atom. The molecule has 4 aromatic heterocycles. The number of aryl methyl sites for hydroxylation is 2. The van der Waals surface area contributed by atoms with E-state index in [1.807, 2.05) is 120 Å². The van der Waals surface area contributed by atoms with Crippen molar-refractivity contribution in [1.29, 1.82) is 0 Å². The molecule has 0 atom stereocenters. The van der Waals surface area contributed by atoms with E-state index in [2.05, 4.69) is 35.5 Å². The number of carbonyl (C=O) groups is 4. The van der Waals surface area contributed by atoms with Crippen molar-refractivity contribution in [3.05, 3.63) is 163 Å². The van der Waals surface area contributed by atoms with Gasteiger partial charge in [0.15, 0.2) is 0 Å². The number of carbonyl (C=O) groups excluding carboxylic acids is 4. The maximum atomic E-state index is 12.8. The number of nitrogens with zero attached hydrogens (tertiary/aromatic N) is 3. The van der Waals surface area contributed by atoms with Gasteiger partial charge in [0.05, 0.1) is 23.0 Å². The minimum absolute atomic E-state index is 0.275. The van der Waals surface area contributed by atoms with E-state index in [4.69, 9.17) is 0 Å². The summed E-state index contributed by atoms with van der Waals surface area (Å²) >= 11 is 0. The third-order valence-corrected chi connectivity index (χ3v) is 10.1. The molecule has 0 aliphatic carbocycles. The second-order valence-corrected chi connectivity index (χ2v) is 13.5. The number of nitrogens with one attached hydrogen (secondary N) is 5. The second-order valence-electron chi connectivity index (χ2n) is 13.5. The van der Waals surface area contributed by atoms with Crippen LogP contribution >= 0.6 is 0 Å². The molecule has 5 N–H and O–H groups in total. The van der Waals surface area contributed by atoms with Crippen LogP contribution in [-0.4, -0.2) is 47.7 Å². The number of hydrogen-bond donors (Lipinski definition) is 5. The van der Waals surface area contributed by atoms with Gasteiger partial charge in [0.2, 0.25) is 0 Å². The van der Waals surface area contributed by atoms with E-state index < -0.39 is 5.91 Å². The van der Waals surface area contributed by atoms with E-state index in [1.54, 1.807) is 24.9 Å². The highest BCUT2D eigenvalue weighted by Crippen LogP contribution is 2.37. The van der Waals surface area contributed by atoms with Crippen molar-refractivity contribution in [3.8, 4) is 0 Å². The Bertz CT molecular complexity index is 2800. The van der Waals surface area contributed by atoms with E-state index in [9.17, 15) is 19.2 Å². The minimum Gasteiger partial charge on any atom is -0.361 e. The third kappa shape index (κ3) is 6.14. The largest absolute Gasteiger partial charge is 0.361 e. The van der Waals surface area contributed by atoms with E-state index >= 15 is 0 Å². The molecule has 4 aromatic carbocycles. The second kappa shape index (κ2) is 14.3. The number of benzene rings is 4. The Morgan fingerprint density at radius 1 is 0.571 bits per heavy atom. The third-order valence-electron chi connectivity index (χ3n) is 10.1. The lowest BCUT2D eigenvalue weighted by atomic mass is 9.95. The van der Waals surface area contributed by atoms with Crippen molar-refractivity contribution in [2.75, 3.05) is 5.32 Å². The minimum atomic E-state index is -0.416. The molecule has 0 unspecified atom stereocenters.